The van der Waals surface area contributed by atoms with E-state index >= 15 is 0 Å². The van der Waals surface area contributed by atoms with Crippen molar-refractivity contribution in [2.75, 3.05) is 13.2 Å². The van der Waals surface area contributed by atoms with Crippen LogP contribution in [0.4, 0.5) is 0 Å². The smallest absolute Gasteiger partial charge is 0.0634 e. The van der Waals surface area contributed by atoms with Gasteiger partial charge in [0.05, 0.1) is 25.4 Å². The van der Waals surface area contributed by atoms with E-state index in [0.717, 1.165) is 48.7 Å². The second kappa shape index (κ2) is 15.7. The number of hydrogen-bond acceptors (Lipinski definition) is 2. The zero-order valence-electron chi connectivity index (χ0n) is 21.9. The summed E-state index contributed by atoms with van der Waals surface area (Å²) in [6.45, 7) is 20.5. The molecule has 2 heteroatoms. The molecule has 8 unspecified atom stereocenters. The lowest BCUT2D eigenvalue weighted by molar-refractivity contribution is -0.0981. The molecule has 2 fully saturated rings. The molecular weight excluding hydrogens is 368 g/mol. The Bertz CT molecular complexity index is 403. The van der Waals surface area contributed by atoms with Gasteiger partial charge in [0.2, 0.25) is 0 Å². The molecule has 0 aliphatic carbocycles. The van der Waals surface area contributed by atoms with Gasteiger partial charge in [-0.25, -0.2) is 0 Å². The van der Waals surface area contributed by atoms with Gasteiger partial charge in [0.15, 0.2) is 0 Å². The van der Waals surface area contributed by atoms with Crippen LogP contribution < -0.4 is 0 Å². The lowest BCUT2D eigenvalue weighted by Crippen LogP contribution is -2.41. The average Bonchev–Trinajstić information content (AvgIpc) is 3.20. The van der Waals surface area contributed by atoms with Gasteiger partial charge in [-0.3, -0.25) is 0 Å². The summed E-state index contributed by atoms with van der Waals surface area (Å²) in [4.78, 5) is 0. The Kier molecular flexibility index (Phi) is 14.6. The molecule has 0 aromatic rings. The summed E-state index contributed by atoms with van der Waals surface area (Å²) in [7, 11) is 0. The van der Waals surface area contributed by atoms with Crippen molar-refractivity contribution in [1.29, 1.82) is 0 Å². The molecule has 2 rings (SSSR count). The van der Waals surface area contributed by atoms with Crippen molar-refractivity contribution in [3.8, 4) is 0 Å². The number of ether oxygens (including phenoxy) is 2. The summed E-state index contributed by atoms with van der Waals surface area (Å²) in [6, 6.07) is 0. The zero-order chi connectivity index (χ0) is 22.5. The lowest BCUT2D eigenvalue weighted by Gasteiger charge is -2.42. The van der Waals surface area contributed by atoms with E-state index in [2.05, 4.69) is 55.4 Å². The summed E-state index contributed by atoms with van der Waals surface area (Å²) in [6.07, 6.45) is 14.0. The Morgan fingerprint density at radius 2 is 1.20 bits per heavy atom. The maximum Gasteiger partial charge on any atom is 0.0634 e. The molecule has 2 heterocycles. The first-order chi connectivity index (χ1) is 14.6. The van der Waals surface area contributed by atoms with Crippen LogP contribution in [0.2, 0.25) is 0 Å². The van der Waals surface area contributed by atoms with Crippen molar-refractivity contribution in [3.63, 3.8) is 0 Å². The molecule has 0 bridgehead atoms. The fourth-order valence-corrected chi connectivity index (χ4v) is 6.52. The summed E-state index contributed by atoms with van der Waals surface area (Å²) >= 11 is 0. The molecule has 0 amide bonds. The van der Waals surface area contributed by atoms with E-state index in [1.54, 1.807) is 0 Å². The van der Waals surface area contributed by atoms with Crippen LogP contribution in [0.3, 0.4) is 0 Å². The highest BCUT2D eigenvalue weighted by molar-refractivity contribution is 4.86. The Labute approximate surface area is 190 Å². The SMILES string of the molecule is CCCC(CC)C1OCC(CC)C1CC.CCCC1OCC(CC)C(CC)C1CC. The van der Waals surface area contributed by atoms with Crippen molar-refractivity contribution in [1.82, 2.24) is 0 Å². The van der Waals surface area contributed by atoms with E-state index in [1.807, 2.05) is 0 Å². The van der Waals surface area contributed by atoms with E-state index in [0.29, 0.717) is 12.2 Å². The van der Waals surface area contributed by atoms with Gasteiger partial charge in [0.25, 0.3) is 0 Å². The summed E-state index contributed by atoms with van der Waals surface area (Å²) < 4.78 is 12.1. The van der Waals surface area contributed by atoms with Gasteiger partial charge >= 0.3 is 0 Å². The molecule has 2 aliphatic heterocycles. The first-order valence-corrected chi connectivity index (χ1v) is 13.8. The normalized spacial score (nSPS) is 35.0. The molecule has 0 aromatic carbocycles. The van der Waals surface area contributed by atoms with E-state index in [-0.39, 0.29) is 0 Å². The van der Waals surface area contributed by atoms with Crippen LogP contribution in [0.15, 0.2) is 0 Å². The molecule has 8 atom stereocenters. The molecule has 2 saturated heterocycles. The monoisotopic (exact) mass is 424 g/mol. The van der Waals surface area contributed by atoms with Gasteiger partial charge in [-0.05, 0) is 48.3 Å². The van der Waals surface area contributed by atoms with Crippen molar-refractivity contribution >= 4 is 0 Å². The summed E-state index contributed by atoms with van der Waals surface area (Å²) in [5.74, 6) is 4.99. The van der Waals surface area contributed by atoms with Crippen LogP contribution in [-0.4, -0.2) is 25.4 Å². The molecule has 0 aromatic heterocycles. The highest BCUT2D eigenvalue weighted by Crippen LogP contribution is 2.39. The fraction of sp³-hybridized carbons (Fsp3) is 1.00. The summed E-state index contributed by atoms with van der Waals surface area (Å²) in [5, 5.41) is 0. The van der Waals surface area contributed by atoms with Crippen LogP contribution in [0.5, 0.6) is 0 Å². The molecule has 2 nitrogen and oxygen atoms in total. The molecule has 30 heavy (non-hydrogen) atoms. The third kappa shape index (κ3) is 7.51. The molecular formula is C28H56O2. The number of hydrogen-bond donors (Lipinski definition) is 0. The molecule has 0 spiro atoms. The Morgan fingerprint density at radius 3 is 1.67 bits per heavy atom. The maximum absolute atomic E-state index is 6.07. The minimum absolute atomic E-state index is 0.549. The number of rotatable bonds is 11. The van der Waals surface area contributed by atoms with Crippen molar-refractivity contribution in [2.45, 2.75) is 132 Å². The van der Waals surface area contributed by atoms with Gasteiger partial charge in [-0.15, -0.1) is 0 Å². The standard InChI is InChI=1S/2C14H28O/c1-5-9-14-13(8-4)12(7-3)11(6-2)10-15-14;1-5-9-11(6-2)14-13(8-4)12(7-3)10-15-14/h2*11-14H,5-10H2,1-4H3. The predicted octanol–water partition coefficient (Wildman–Crippen LogP) is 8.53. The maximum atomic E-state index is 6.07. The van der Waals surface area contributed by atoms with Crippen LogP contribution in [0.25, 0.3) is 0 Å². The largest absolute Gasteiger partial charge is 0.378 e. The van der Waals surface area contributed by atoms with Crippen molar-refractivity contribution < 1.29 is 9.47 Å². The minimum atomic E-state index is 0.549. The topological polar surface area (TPSA) is 18.5 Å². The second-order valence-electron chi connectivity index (χ2n) is 9.97. The minimum Gasteiger partial charge on any atom is -0.378 e. The summed E-state index contributed by atoms with van der Waals surface area (Å²) in [5.41, 5.74) is 0. The van der Waals surface area contributed by atoms with E-state index < -0.39 is 0 Å². The first kappa shape index (κ1) is 28.0. The van der Waals surface area contributed by atoms with Gasteiger partial charge in [0, 0.05) is 0 Å². The van der Waals surface area contributed by atoms with Gasteiger partial charge in [-0.1, -0.05) is 107 Å². The van der Waals surface area contributed by atoms with Gasteiger partial charge < -0.3 is 9.47 Å². The lowest BCUT2D eigenvalue weighted by atomic mass is 9.72. The van der Waals surface area contributed by atoms with Gasteiger partial charge in [0.1, 0.15) is 0 Å². The molecule has 0 saturated carbocycles. The van der Waals surface area contributed by atoms with Crippen molar-refractivity contribution in [3.05, 3.63) is 0 Å². The van der Waals surface area contributed by atoms with Crippen LogP contribution >= 0.6 is 0 Å². The predicted molar refractivity (Wildman–Crippen MR) is 132 cm³/mol. The van der Waals surface area contributed by atoms with E-state index in [9.17, 15) is 0 Å². The van der Waals surface area contributed by atoms with Crippen LogP contribution in [0.1, 0.15) is 120 Å². The third-order valence-electron chi connectivity index (χ3n) is 8.37. The molecule has 0 N–H and O–H groups in total. The van der Waals surface area contributed by atoms with Crippen molar-refractivity contribution in [2.24, 2.45) is 35.5 Å². The average molecular weight is 425 g/mol. The zero-order valence-corrected chi connectivity index (χ0v) is 21.9. The van der Waals surface area contributed by atoms with Crippen LogP contribution in [-0.2, 0) is 9.47 Å². The Balaban J connectivity index is 0.000000300. The highest BCUT2D eigenvalue weighted by atomic mass is 16.5. The second-order valence-corrected chi connectivity index (χ2v) is 9.97. The Morgan fingerprint density at radius 1 is 0.633 bits per heavy atom. The highest BCUT2D eigenvalue weighted by Gasteiger charge is 2.38. The van der Waals surface area contributed by atoms with E-state index in [1.165, 1.54) is 64.2 Å². The fourth-order valence-electron chi connectivity index (χ4n) is 6.52. The Hall–Kier alpha value is -0.0800. The van der Waals surface area contributed by atoms with Gasteiger partial charge in [-0.2, -0.15) is 0 Å². The molecule has 2 aliphatic rings. The third-order valence-corrected chi connectivity index (χ3v) is 8.37. The van der Waals surface area contributed by atoms with Crippen LogP contribution in [0, 0.1) is 35.5 Å². The molecule has 0 radical (unpaired) electrons. The van der Waals surface area contributed by atoms with E-state index in [4.69, 9.17) is 9.47 Å². The molecule has 180 valence electrons. The first-order valence-electron chi connectivity index (χ1n) is 13.8. The quantitative estimate of drug-likeness (QED) is 0.331.